The van der Waals surface area contributed by atoms with Gasteiger partial charge in [0.1, 0.15) is 17.7 Å². The summed E-state index contributed by atoms with van der Waals surface area (Å²) < 4.78 is 0. The Morgan fingerprint density at radius 1 is 1.11 bits per heavy atom. The van der Waals surface area contributed by atoms with Gasteiger partial charge >= 0.3 is 5.97 Å². The fraction of sp³-hybridized carbons (Fsp3) is 0.448. The summed E-state index contributed by atoms with van der Waals surface area (Å²) in [6.45, 7) is 1.78. The normalized spacial score (nSPS) is 21.6. The minimum atomic E-state index is -1.03. The number of rotatable bonds is 11. The number of nitrogens with one attached hydrogen (secondary N) is 4. The van der Waals surface area contributed by atoms with Crippen molar-refractivity contribution in [2.75, 3.05) is 6.54 Å². The molecule has 0 spiro atoms. The fourth-order valence-corrected chi connectivity index (χ4v) is 6.00. The molecular weight excluding hydrogens is 482 g/mol. The molecule has 0 aliphatic heterocycles. The number of amidine groups is 1. The van der Waals surface area contributed by atoms with Gasteiger partial charge in [-0.25, -0.2) is 0 Å². The first-order valence-electron chi connectivity index (χ1n) is 13.1. The first kappa shape index (κ1) is 27.5. The molecule has 0 bridgehead atoms. The van der Waals surface area contributed by atoms with E-state index in [1.54, 1.807) is 19.1 Å². The maximum absolute atomic E-state index is 13.9. The summed E-state index contributed by atoms with van der Waals surface area (Å²) in [7, 11) is 0. The third-order valence-electron chi connectivity index (χ3n) is 8.12. The molecule has 0 aromatic heterocycles. The van der Waals surface area contributed by atoms with Crippen LogP contribution in [0.15, 0.2) is 48.5 Å². The second-order valence-electron chi connectivity index (χ2n) is 10.8. The van der Waals surface area contributed by atoms with Crippen LogP contribution in [0.25, 0.3) is 0 Å². The maximum Gasteiger partial charge on any atom is 0.317 e. The van der Waals surface area contributed by atoms with E-state index in [0.29, 0.717) is 24.9 Å². The predicted octanol–water partition coefficient (Wildman–Crippen LogP) is 1.90. The number of carbonyl (C=O) groups excluding carboxylic acids is 2. The number of benzene rings is 2. The van der Waals surface area contributed by atoms with Crippen molar-refractivity contribution in [1.29, 1.82) is 5.41 Å². The van der Waals surface area contributed by atoms with Gasteiger partial charge in [0.2, 0.25) is 5.91 Å². The Morgan fingerprint density at radius 3 is 2.32 bits per heavy atom. The summed E-state index contributed by atoms with van der Waals surface area (Å²) in [6.07, 6.45) is 5.34. The van der Waals surface area contributed by atoms with Crippen LogP contribution in [0.1, 0.15) is 54.9 Å². The van der Waals surface area contributed by atoms with Gasteiger partial charge in [0.15, 0.2) is 0 Å². The summed E-state index contributed by atoms with van der Waals surface area (Å²) in [5.41, 5.74) is 7.40. The van der Waals surface area contributed by atoms with Gasteiger partial charge in [-0.3, -0.25) is 25.6 Å². The number of amides is 1. The number of nitrogens with two attached hydrogens (primary N) is 1. The van der Waals surface area contributed by atoms with Gasteiger partial charge in [-0.2, -0.15) is 0 Å². The van der Waals surface area contributed by atoms with Gasteiger partial charge < -0.3 is 21.0 Å². The molecule has 0 radical (unpaired) electrons. The van der Waals surface area contributed by atoms with E-state index in [1.165, 1.54) is 0 Å². The Morgan fingerprint density at radius 2 is 1.74 bits per heavy atom. The number of fused-ring (bicyclic) bond motifs is 1. The van der Waals surface area contributed by atoms with Crippen LogP contribution in [0, 0.1) is 11.3 Å². The lowest BCUT2D eigenvalue weighted by Crippen LogP contribution is -2.66. The Bertz CT molecular complexity index is 1170. The maximum atomic E-state index is 13.9. The minimum absolute atomic E-state index is 0.00494. The molecule has 2 aliphatic carbocycles. The lowest BCUT2D eigenvalue weighted by Gasteiger charge is -2.45. The van der Waals surface area contributed by atoms with Crippen molar-refractivity contribution >= 4 is 24.0 Å². The highest BCUT2D eigenvalue weighted by molar-refractivity contribution is 5.95. The summed E-state index contributed by atoms with van der Waals surface area (Å²) in [6, 6.07) is 15.1. The van der Waals surface area contributed by atoms with Crippen LogP contribution in [-0.2, 0) is 33.8 Å². The lowest BCUT2D eigenvalue weighted by molar-refractivity contribution is -0.136. The molecule has 2 aromatic rings. The van der Waals surface area contributed by atoms with E-state index in [1.807, 2.05) is 24.3 Å². The number of hydrogen-bond donors (Lipinski definition) is 6. The molecule has 0 heterocycles. The molecule has 202 valence electrons. The third-order valence-corrected chi connectivity index (χ3v) is 8.12. The first-order valence-corrected chi connectivity index (χ1v) is 13.1. The predicted molar refractivity (Wildman–Crippen MR) is 145 cm³/mol. The molecule has 9 heteroatoms. The first-order chi connectivity index (χ1) is 18.2. The number of carbonyl (C=O) groups is 3. The van der Waals surface area contributed by atoms with Crippen LogP contribution in [0.3, 0.4) is 0 Å². The standard InChI is InChI=1S/C29H37N5O4/c1-28(18-35,33-17-25(36)37)23-8-4-5-9-24(23)34-29(14-21-6-2-3-7-22(21)15-29)27(38)32-16-19-10-12-20(13-11-19)26(30)31/h2-3,6-7,10-13,18,23-24,33-34H,4-5,8-9,14-17H2,1H3,(H3,30,31)(H,32,38)(H,36,37). The number of aliphatic carboxylic acids is 1. The Labute approximate surface area is 223 Å². The van der Waals surface area contributed by atoms with E-state index in [9.17, 15) is 19.5 Å². The quantitative estimate of drug-likeness (QED) is 0.150. The van der Waals surface area contributed by atoms with Crippen LogP contribution in [0.4, 0.5) is 0 Å². The molecule has 0 saturated heterocycles. The molecule has 3 atom stereocenters. The van der Waals surface area contributed by atoms with Gasteiger partial charge in [0.25, 0.3) is 0 Å². The van der Waals surface area contributed by atoms with Crippen molar-refractivity contribution in [3.05, 3.63) is 70.8 Å². The van der Waals surface area contributed by atoms with E-state index in [-0.39, 0.29) is 30.2 Å². The summed E-state index contributed by atoms with van der Waals surface area (Å²) >= 11 is 0. The summed E-state index contributed by atoms with van der Waals surface area (Å²) in [4.78, 5) is 37.4. The molecule has 38 heavy (non-hydrogen) atoms. The highest BCUT2D eigenvalue weighted by Gasteiger charge is 2.49. The second kappa shape index (κ2) is 11.4. The van der Waals surface area contributed by atoms with Crippen LogP contribution in [0.2, 0.25) is 0 Å². The molecule has 4 rings (SSSR count). The van der Waals surface area contributed by atoms with Crippen molar-refractivity contribution in [3.63, 3.8) is 0 Å². The topological polar surface area (TPSA) is 157 Å². The Balaban J connectivity index is 1.57. The van der Waals surface area contributed by atoms with E-state index in [2.05, 4.69) is 28.1 Å². The van der Waals surface area contributed by atoms with Gasteiger partial charge in [-0.15, -0.1) is 0 Å². The zero-order valence-electron chi connectivity index (χ0n) is 21.8. The highest BCUT2D eigenvalue weighted by atomic mass is 16.4. The number of carboxylic acid groups (broad SMARTS) is 1. The summed E-state index contributed by atoms with van der Waals surface area (Å²) in [5, 5.41) is 26.6. The van der Waals surface area contributed by atoms with Gasteiger partial charge in [0.05, 0.1) is 12.1 Å². The van der Waals surface area contributed by atoms with Gasteiger partial charge in [0, 0.05) is 31.0 Å². The molecule has 1 saturated carbocycles. The SMILES string of the molecule is CC(C=O)(NCC(=O)O)C1CCCCC1NC1(C(=O)NCc2ccc(C(=N)N)cc2)Cc2ccccc2C1. The molecule has 9 nitrogen and oxygen atoms in total. The minimum Gasteiger partial charge on any atom is -0.480 e. The molecule has 1 fully saturated rings. The van der Waals surface area contributed by atoms with Crippen LogP contribution in [0.5, 0.6) is 0 Å². The highest BCUT2D eigenvalue weighted by Crippen LogP contribution is 2.37. The molecule has 3 unspecified atom stereocenters. The van der Waals surface area contributed by atoms with E-state index in [0.717, 1.165) is 48.7 Å². The zero-order valence-corrected chi connectivity index (χ0v) is 21.8. The number of carboxylic acids is 1. The van der Waals surface area contributed by atoms with Crippen molar-refractivity contribution < 1.29 is 19.5 Å². The average molecular weight is 520 g/mol. The van der Waals surface area contributed by atoms with Gasteiger partial charge in [-0.1, -0.05) is 61.4 Å². The third kappa shape index (κ3) is 5.95. The molecule has 1 amide bonds. The Kier molecular flexibility index (Phi) is 8.28. The van der Waals surface area contributed by atoms with Crippen molar-refractivity contribution in [2.24, 2.45) is 11.7 Å². The van der Waals surface area contributed by atoms with Crippen molar-refractivity contribution in [1.82, 2.24) is 16.0 Å². The second-order valence-corrected chi connectivity index (χ2v) is 10.8. The molecule has 7 N–H and O–H groups in total. The number of nitrogen functional groups attached to an aromatic ring is 1. The van der Waals surface area contributed by atoms with E-state index in [4.69, 9.17) is 11.1 Å². The number of hydrogen-bond acceptors (Lipinski definition) is 6. The smallest absolute Gasteiger partial charge is 0.317 e. The van der Waals surface area contributed by atoms with Crippen LogP contribution in [-0.4, -0.2) is 52.8 Å². The average Bonchev–Trinajstić information content (AvgIpc) is 3.30. The van der Waals surface area contributed by atoms with Gasteiger partial charge in [-0.05, 0) is 42.4 Å². The van der Waals surface area contributed by atoms with Crippen molar-refractivity contribution in [3.8, 4) is 0 Å². The summed E-state index contributed by atoms with van der Waals surface area (Å²) in [5.74, 6) is -1.30. The molecule has 2 aromatic carbocycles. The Hall–Kier alpha value is -3.56. The fourth-order valence-electron chi connectivity index (χ4n) is 6.00. The number of aldehydes is 1. The zero-order chi connectivity index (χ0) is 27.3. The van der Waals surface area contributed by atoms with Crippen molar-refractivity contribution in [2.45, 2.75) is 69.1 Å². The van der Waals surface area contributed by atoms with E-state index >= 15 is 0 Å². The monoisotopic (exact) mass is 519 g/mol. The molecule has 2 aliphatic rings. The molecular formula is C29H37N5O4. The van der Waals surface area contributed by atoms with E-state index < -0.39 is 17.0 Å². The lowest BCUT2D eigenvalue weighted by atomic mass is 9.72. The van der Waals surface area contributed by atoms with Crippen LogP contribution < -0.4 is 21.7 Å². The largest absolute Gasteiger partial charge is 0.480 e. The van der Waals surface area contributed by atoms with Crippen LogP contribution >= 0.6 is 0 Å².